The maximum absolute atomic E-state index is 12.2. The van der Waals surface area contributed by atoms with Crippen LogP contribution in [0, 0.1) is 12.8 Å². The maximum atomic E-state index is 12.2. The van der Waals surface area contributed by atoms with E-state index in [-0.39, 0.29) is 54.8 Å². The van der Waals surface area contributed by atoms with Crippen LogP contribution in [0.15, 0.2) is 53.5 Å². The van der Waals surface area contributed by atoms with E-state index in [0.29, 0.717) is 6.42 Å². The van der Waals surface area contributed by atoms with Gasteiger partial charge in [0, 0.05) is 24.8 Å². The molecule has 0 saturated heterocycles. The van der Waals surface area contributed by atoms with Gasteiger partial charge in [0.05, 0.1) is 0 Å². The van der Waals surface area contributed by atoms with Crippen LogP contribution in [0.2, 0.25) is 0 Å². The number of nitrogens with two attached hydrogens (primary N) is 1. The third-order valence-electron chi connectivity index (χ3n) is 3.78. The number of anilines is 1. The average Bonchev–Trinajstić information content (AvgIpc) is 2.61. The predicted molar refractivity (Wildman–Crippen MR) is 114 cm³/mol. The van der Waals surface area contributed by atoms with E-state index in [0.717, 1.165) is 16.8 Å². The molecule has 0 saturated carbocycles. The summed E-state index contributed by atoms with van der Waals surface area (Å²) in [6.07, 6.45) is -4.27. The zero-order chi connectivity index (χ0) is 19.9. The molecule has 4 N–H and O–H groups in total. The summed E-state index contributed by atoms with van der Waals surface area (Å²) < 4.78 is 40.3. The van der Waals surface area contributed by atoms with Crippen LogP contribution in [0.5, 0.6) is 5.75 Å². The lowest BCUT2D eigenvalue weighted by molar-refractivity contribution is -0.274. The Hall–Kier alpha value is -2.01. The minimum Gasteiger partial charge on any atom is -0.406 e. The highest BCUT2D eigenvalue weighted by molar-refractivity contribution is 14.0. The first-order valence-electron chi connectivity index (χ1n) is 8.34. The van der Waals surface area contributed by atoms with E-state index < -0.39 is 6.36 Å². The molecule has 2 aromatic carbocycles. The highest BCUT2D eigenvalue weighted by Gasteiger charge is 2.30. The first kappa shape index (κ1) is 24.0. The van der Waals surface area contributed by atoms with Gasteiger partial charge in [-0.25, -0.2) is 0 Å². The van der Waals surface area contributed by atoms with Gasteiger partial charge in [0.1, 0.15) is 5.75 Å². The molecule has 9 heteroatoms. The number of hydrogen-bond donors (Lipinski definition) is 3. The van der Waals surface area contributed by atoms with Crippen LogP contribution in [0.4, 0.5) is 18.9 Å². The van der Waals surface area contributed by atoms with Crippen molar-refractivity contribution in [3.05, 3.63) is 59.7 Å². The number of benzene rings is 2. The van der Waals surface area contributed by atoms with Crippen molar-refractivity contribution in [2.24, 2.45) is 16.6 Å². The lowest BCUT2D eigenvalue weighted by Gasteiger charge is -2.14. The molecule has 5 nitrogen and oxygen atoms in total. The number of ether oxygens (including phenoxy) is 1. The third kappa shape index (κ3) is 8.79. The summed E-state index contributed by atoms with van der Waals surface area (Å²) >= 11 is 0. The number of aliphatic imine (C=N–C) groups is 1. The molecule has 0 aromatic heterocycles. The van der Waals surface area contributed by atoms with E-state index in [1.165, 1.54) is 24.3 Å². The Balaban J connectivity index is 0.00000392. The molecule has 0 radical (unpaired) electrons. The van der Waals surface area contributed by atoms with Gasteiger partial charge in [-0.3, -0.25) is 4.99 Å². The summed E-state index contributed by atoms with van der Waals surface area (Å²) in [5.74, 6) is -0.264. The molecule has 0 fully saturated rings. The quantitative estimate of drug-likeness (QED) is 0.299. The molecule has 0 amide bonds. The van der Waals surface area contributed by atoms with Gasteiger partial charge in [-0.15, -0.1) is 37.1 Å². The van der Waals surface area contributed by atoms with E-state index in [2.05, 4.69) is 15.0 Å². The van der Waals surface area contributed by atoms with Crippen molar-refractivity contribution in [1.29, 1.82) is 0 Å². The minimum atomic E-state index is -4.72. The molecule has 1 atom stereocenters. The highest BCUT2D eigenvalue weighted by Crippen LogP contribution is 2.23. The molecular weight excluding hydrogens is 486 g/mol. The highest BCUT2D eigenvalue weighted by atomic mass is 127. The minimum absolute atomic E-state index is 0. The van der Waals surface area contributed by atoms with Crippen LogP contribution in [0.1, 0.15) is 11.1 Å². The van der Waals surface area contributed by atoms with Crippen LogP contribution in [-0.4, -0.2) is 30.6 Å². The second-order valence-electron chi connectivity index (χ2n) is 6.16. The van der Waals surface area contributed by atoms with Crippen molar-refractivity contribution >= 4 is 35.6 Å². The van der Waals surface area contributed by atoms with E-state index in [1.54, 1.807) is 0 Å². The summed E-state index contributed by atoms with van der Waals surface area (Å²) in [6, 6.07) is 13.2. The zero-order valence-corrected chi connectivity index (χ0v) is 17.6. The second-order valence-corrected chi connectivity index (χ2v) is 6.16. The smallest absolute Gasteiger partial charge is 0.406 e. The maximum Gasteiger partial charge on any atom is 0.573 e. The largest absolute Gasteiger partial charge is 0.573 e. The van der Waals surface area contributed by atoms with Crippen LogP contribution < -0.4 is 15.8 Å². The van der Waals surface area contributed by atoms with E-state index in [4.69, 9.17) is 5.73 Å². The van der Waals surface area contributed by atoms with Crippen molar-refractivity contribution in [1.82, 2.24) is 0 Å². The zero-order valence-electron chi connectivity index (χ0n) is 15.2. The SMILES string of the molecule is Cc1ccc(NC(N)=NCC(CO)Cc2ccc(OC(F)(F)F)cc2)cc1.I. The number of aliphatic hydroxyl groups is 1. The summed E-state index contributed by atoms with van der Waals surface area (Å²) in [4.78, 5) is 4.23. The number of hydrogen-bond acceptors (Lipinski definition) is 3. The number of guanidine groups is 1. The van der Waals surface area contributed by atoms with Crippen molar-refractivity contribution in [2.75, 3.05) is 18.5 Å². The molecule has 0 heterocycles. The van der Waals surface area contributed by atoms with Crippen molar-refractivity contribution in [3.8, 4) is 5.75 Å². The van der Waals surface area contributed by atoms with Crippen molar-refractivity contribution < 1.29 is 23.0 Å². The first-order valence-corrected chi connectivity index (χ1v) is 8.34. The Morgan fingerprint density at radius 2 is 1.75 bits per heavy atom. The van der Waals surface area contributed by atoms with Crippen molar-refractivity contribution in [3.63, 3.8) is 0 Å². The number of aliphatic hydroxyl groups excluding tert-OH is 1. The van der Waals surface area contributed by atoms with E-state index >= 15 is 0 Å². The molecule has 1 unspecified atom stereocenters. The van der Waals surface area contributed by atoms with Gasteiger partial charge >= 0.3 is 6.36 Å². The van der Waals surface area contributed by atoms with E-state index in [9.17, 15) is 18.3 Å². The number of rotatable bonds is 7. The fourth-order valence-electron chi connectivity index (χ4n) is 2.40. The molecule has 28 heavy (non-hydrogen) atoms. The number of aryl methyl sites for hydroxylation is 1. The molecule has 0 aliphatic carbocycles. The molecular formula is C19H23F3IN3O2. The Kier molecular flexibility index (Phi) is 9.53. The third-order valence-corrected chi connectivity index (χ3v) is 3.78. The summed E-state index contributed by atoms with van der Waals surface area (Å²) in [5.41, 5.74) is 8.56. The number of nitrogens with one attached hydrogen (secondary N) is 1. The average molecular weight is 509 g/mol. The summed E-state index contributed by atoms with van der Waals surface area (Å²) in [5, 5.41) is 12.5. The Bertz CT molecular complexity index is 751. The van der Waals surface area contributed by atoms with Crippen molar-refractivity contribution in [2.45, 2.75) is 19.7 Å². The van der Waals surface area contributed by atoms with Gasteiger partial charge in [-0.05, 0) is 43.2 Å². The van der Waals surface area contributed by atoms with Crippen LogP contribution in [0.25, 0.3) is 0 Å². The Labute approximate surface area is 178 Å². The normalized spacial score (nSPS) is 12.8. The molecule has 0 spiro atoms. The Morgan fingerprint density at radius 3 is 2.29 bits per heavy atom. The monoisotopic (exact) mass is 509 g/mol. The molecule has 0 aliphatic heterocycles. The number of halogens is 4. The lowest BCUT2D eigenvalue weighted by Crippen LogP contribution is -2.25. The Morgan fingerprint density at radius 1 is 1.14 bits per heavy atom. The summed E-state index contributed by atoms with van der Waals surface area (Å²) in [6.45, 7) is 2.14. The number of alkyl halides is 3. The van der Waals surface area contributed by atoms with E-state index in [1.807, 2.05) is 31.2 Å². The predicted octanol–water partition coefficient (Wildman–Crippen LogP) is 4.09. The van der Waals surface area contributed by atoms with Gasteiger partial charge in [0.15, 0.2) is 5.96 Å². The number of nitrogens with zero attached hydrogens (tertiary/aromatic N) is 1. The molecule has 154 valence electrons. The molecule has 2 rings (SSSR count). The molecule has 0 bridgehead atoms. The van der Waals surface area contributed by atoms with Crippen LogP contribution in [-0.2, 0) is 6.42 Å². The van der Waals surface area contributed by atoms with Crippen LogP contribution in [0.3, 0.4) is 0 Å². The topological polar surface area (TPSA) is 79.9 Å². The van der Waals surface area contributed by atoms with Gasteiger partial charge in [-0.2, -0.15) is 0 Å². The first-order chi connectivity index (χ1) is 12.7. The standard InChI is InChI=1S/C19H22F3N3O2.HI/c1-13-2-6-16(7-3-13)25-18(23)24-11-15(12-26)10-14-4-8-17(9-5-14)27-19(20,21)22;/h2-9,15,26H,10-12H2,1H3,(H3,23,24,25);1H. The van der Waals surface area contributed by atoms with Gasteiger partial charge in [0.25, 0.3) is 0 Å². The molecule has 2 aromatic rings. The fraction of sp³-hybridized carbons (Fsp3) is 0.316. The second kappa shape index (κ2) is 11.1. The fourth-order valence-corrected chi connectivity index (χ4v) is 2.40. The molecule has 0 aliphatic rings. The summed E-state index contributed by atoms with van der Waals surface area (Å²) in [7, 11) is 0. The van der Waals surface area contributed by atoms with Gasteiger partial charge in [-0.1, -0.05) is 29.8 Å². The van der Waals surface area contributed by atoms with Crippen LogP contribution >= 0.6 is 24.0 Å². The lowest BCUT2D eigenvalue weighted by atomic mass is 10.0. The van der Waals surface area contributed by atoms with Gasteiger partial charge < -0.3 is 20.9 Å². The van der Waals surface area contributed by atoms with Gasteiger partial charge in [0.2, 0.25) is 0 Å².